The zero-order chi connectivity index (χ0) is 9.52. The predicted octanol–water partition coefficient (Wildman–Crippen LogP) is 1.60. The first-order valence-corrected chi connectivity index (χ1v) is 5.36. The Morgan fingerprint density at radius 2 is 2.54 bits per heavy atom. The minimum absolute atomic E-state index is 0.122. The van der Waals surface area contributed by atoms with Gasteiger partial charge in [-0.1, -0.05) is 6.92 Å². The third kappa shape index (κ3) is 4.03. The number of carbonyl (C=O) groups excluding carboxylic acids is 1. The minimum Gasteiger partial charge on any atom is -0.356 e. The summed E-state index contributed by atoms with van der Waals surface area (Å²) in [4.78, 5) is 15.3. The summed E-state index contributed by atoms with van der Waals surface area (Å²) >= 11 is 1.60. The molecule has 0 spiro atoms. The van der Waals surface area contributed by atoms with Crippen molar-refractivity contribution in [2.75, 3.05) is 6.54 Å². The van der Waals surface area contributed by atoms with Crippen LogP contribution in [0.25, 0.3) is 0 Å². The summed E-state index contributed by atoms with van der Waals surface area (Å²) in [7, 11) is 0. The molecule has 0 bridgehead atoms. The number of nitrogens with zero attached hydrogens (tertiary/aromatic N) is 1. The number of nitrogens with one attached hydrogen (secondary N) is 1. The van der Waals surface area contributed by atoms with Crippen molar-refractivity contribution < 1.29 is 4.79 Å². The van der Waals surface area contributed by atoms with Crippen LogP contribution in [0.2, 0.25) is 0 Å². The molecule has 0 aliphatic carbocycles. The number of aryl methyl sites for hydroxylation is 1. The fraction of sp³-hybridized carbons (Fsp3) is 0.556. The van der Waals surface area contributed by atoms with Gasteiger partial charge in [0.1, 0.15) is 0 Å². The van der Waals surface area contributed by atoms with Gasteiger partial charge in [0.15, 0.2) is 0 Å². The molecule has 0 aromatic carbocycles. The van der Waals surface area contributed by atoms with E-state index >= 15 is 0 Å². The Kier molecular flexibility index (Phi) is 4.46. The molecular weight excluding hydrogens is 184 g/mol. The highest BCUT2D eigenvalue weighted by Crippen LogP contribution is 2.06. The van der Waals surface area contributed by atoms with Crippen molar-refractivity contribution in [2.24, 2.45) is 0 Å². The second-order valence-electron chi connectivity index (χ2n) is 2.78. The smallest absolute Gasteiger partial charge is 0.220 e. The van der Waals surface area contributed by atoms with Gasteiger partial charge in [0.05, 0.1) is 5.01 Å². The molecule has 0 radical (unpaired) electrons. The molecule has 0 aliphatic rings. The lowest BCUT2D eigenvalue weighted by molar-refractivity contribution is -0.121. The van der Waals surface area contributed by atoms with E-state index in [9.17, 15) is 4.79 Å². The quantitative estimate of drug-likeness (QED) is 0.781. The number of aromatic nitrogens is 1. The summed E-state index contributed by atoms with van der Waals surface area (Å²) in [5, 5.41) is 5.80. The van der Waals surface area contributed by atoms with Crippen LogP contribution in [0, 0.1) is 0 Å². The number of thiazole rings is 1. The molecule has 1 amide bonds. The zero-order valence-electron chi connectivity index (χ0n) is 7.75. The lowest BCUT2D eigenvalue weighted by Gasteiger charge is -2.00. The first-order valence-electron chi connectivity index (χ1n) is 4.48. The van der Waals surface area contributed by atoms with E-state index in [1.54, 1.807) is 17.5 Å². The van der Waals surface area contributed by atoms with Crippen molar-refractivity contribution in [3.8, 4) is 0 Å². The van der Waals surface area contributed by atoms with E-state index in [0.717, 1.165) is 24.4 Å². The number of rotatable bonds is 5. The van der Waals surface area contributed by atoms with E-state index in [2.05, 4.69) is 10.3 Å². The zero-order valence-corrected chi connectivity index (χ0v) is 8.56. The molecule has 1 aromatic rings. The van der Waals surface area contributed by atoms with Gasteiger partial charge in [-0.05, 0) is 6.42 Å². The lowest BCUT2D eigenvalue weighted by Crippen LogP contribution is -2.24. The molecule has 0 unspecified atom stereocenters. The highest BCUT2D eigenvalue weighted by Gasteiger charge is 2.01. The van der Waals surface area contributed by atoms with E-state index in [1.807, 2.05) is 12.3 Å². The predicted molar refractivity (Wildman–Crippen MR) is 53.7 cm³/mol. The monoisotopic (exact) mass is 198 g/mol. The summed E-state index contributed by atoms with van der Waals surface area (Å²) in [6, 6.07) is 0. The van der Waals surface area contributed by atoms with Gasteiger partial charge in [0, 0.05) is 31.0 Å². The third-order valence-electron chi connectivity index (χ3n) is 1.62. The van der Waals surface area contributed by atoms with Crippen molar-refractivity contribution in [2.45, 2.75) is 26.2 Å². The van der Waals surface area contributed by atoms with E-state index < -0.39 is 0 Å². The van der Waals surface area contributed by atoms with Crippen LogP contribution in [0.5, 0.6) is 0 Å². The van der Waals surface area contributed by atoms with Gasteiger partial charge in [0.2, 0.25) is 5.91 Å². The Morgan fingerprint density at radius 3 is 3.15 bits per heavy atom. The van der Waals surface area contributed by atoms with E-state index in [-0.39, 0.29) is 5.91 Å². The Hall–Kier alpha value is -0.900. The van der Waals surface area contributed by atoms with Crippen LogP contribution in [-0.2, 0) is 11.2 Å². The van der Waals surface area contributed by atoms with Gasteiger partial charge in [-0.2, -0.15) is 0 Å². The number of amides is 1. The molecule has 0 aliphatic heterocycles. The molecule has 1 aromatic heterocycles. The average Bonchev–Trinajstić information content (AvgIpc) is 2.64. The maximum Gasteiger partial charge on any atom is 0.220 e. The lowest BCUT2D eigenvalue weighted by atomic mass is 10.3. The summed E-state index contributed by atoms with van der Waals surface area (Å²) in [5.74, 6) is 0.122. The molecule has 0 fully saturated rings. The summed E-state index contributed by atoms with van der Waals surface area (Å²) in [5.41, 5.74) is 0. The maximum atomic E-state index is 11.2. The maximum absolute atomic E-state index is 11.2. The normalized spacial score (nSPS) is 9.92. The standard InChI is InChI=1S/C9H14N2OS/c1-2-5-10-8(12)3-4-9-11-6-7-13-9/h6-7H,2-5H2,1H3,(H,10,12). The highest BCUT2D eigenvalue weighted by molar-refractivity contribution is 7.09. The van der Waals surface area contributed by atoms with Crippen molar-refractivity contribution in [3.63, 3.8) is 0 Å². The van der Waals surface area contributed by atoms with Crippen molar-refractivity contribution >= 4 is 17.2 Å². The Balaban J connectivity index is 2.15. The second-order valence-corrected chi connectivity index (χ2v) is 3.75. The highest BCUT2D eigenvalue weighted by atomic mass is 32.1. The molecule has 1 heterocycles. The molecule has 13 heavy (non-hydrogen) atoms. The van der Waals surface area contributed by atoms with Crippen LogP contribution in [-0.4, -0.2) is 17.4 Å². The molecule has 3 nitrogen and oxygen atoms in total. The van der Waals surface area contributed by atoms with Gasteiger partial charge in [0.25, 0.3) is 0 Å². The SMILES string of the molecule is CCCNC(=O)CCc1nccs1. The molecule has 72 valence electrons. The van der Waals surface area contributed by atoms with Gasteiger partial charge in [-0.25, -0.2) is 4.98 Å². The van der Waals surface area contributed by atoms with Crippen molar-refractivity contribution in [1.82, 2.24) is 10.3 Å². The van der Waals surface area contributed by atoms with E-state index in [1.165, 1.54) is 0 Å². The van der Waals surface area contributed by atoms with Crippen LogP contribution in [0.15, 0.2) is 11.6 Å². The Labute approximate surface area is 82.2 Å². The van der Waals surface area contributed by atoms with Gasteiger partial charge in [-0.15, -0.1) is 11.3 Å². The largest absolute Gasteiger partial charge is 0.356 e. The van der Waals surface area contributed by atoms with Crippen LogP contribution >= 0.6 is 11.3 Å². The first kappa shape index (κ1) is 10.2. The summed E-state index contributed by atoms with van der Waals surface area (Å²) < 4.78 is 0. The fourth-order valence-corrected chi connectivity index (χ4v) is 1.57. The average molecular weight is 198 g/mol. The molecular formula is C9H14N2OS. The van der Waals surface area contributed by atoms with Crippen LogP contribution in [0.1, 0.15) is 24.8 Å². The van der Waals surface area contributed by atoms with E-state index in [0.29, 0.717) is 6.42 Å². The molecule has 0 saturated carbocycles. The van der Waals surface area contributed by atoms with Crippen LogP contribution in [0.3, 0.4) is 0 Å². The van der Waals surface area contributed by atoms with E-state index in [4.69, 9.17) is 0 Å². The minimum atomic E-state index is 0.122. The molecule has 0 atom stereocenters. The van der Waals surface area contributed by atoms with Gasteiger partial charge >= 0.3 is 0 Å². The van der Waals surface area contributed by atoms with Crippen molar-refractivity contribution in [3.05, 3.63) is 16.6 Å². The topological polar surface area (TPSA) is 42.0 Å². The third-order valence-corrected chi connectivity index (χ3v) is 2.46. The molecule has 0 saturated heterocycles. The number of hydrogen-bond donors (Lipinski definition) is 1. The van der Waals surface area contributed by atoms with Crippen LogP contribution in [0.4, 0.5) is 0 Å². The fourth-order valence-electron chi connectivity index (χ4n) is 0.950. The summed E-state index contributed by atoms with van der Waals surface area (Å²) in [6.45, 7) is 2.82. The molecule has 1 rings (SSSR count). The van der Waals surface area contributed by atoms with Gasteiger partial charge < -0.3 is 5.32 Å². The molecule has 4 heteroatoms. The van der Waals surface area contributed by atoms with Crippen LogP contribution < -0.4 is 5.32 Å². The first-order chi connectivity index (χ1) is 6.33. The Morgan fingerprint density at radius 1 is 1.69 bits per heavy atom. The number of carbonyl (C=O) groups is 1. The summed E-state index contributed by atoms with van der Waals surface area (Å²) in [6.07, 6.45) is 4.06. The number of hydrogen-bond acceptors (Lipinski definition) is 3. The Bertz CT molecular complexity index is 246. The van der Waals surface area contributed by atoms with Crippen molar-refractivity contribution in [1.29, 1.82) is 0 Å². The van der Waals surface area contributed by atoms with Gasteiger partial charge in [-0.3, -0.25) is 4.79 Å². The molecule has 1 N–H and O–H groups in total. The second kappa shape index (κ2) is 5.70.